The summed E-state index contributed by atoms with van der Waals surface area (Å²) < 4.78 is 0. The molecule has 78 valence electrons. The van der Waals surface area contributed by atoms with Crippen molar-refractivity contribution in [2.75, 3.05) is 27.2 Å². The van der Waals surface area contributed by atoms with Gasteiger partial charge in [0.1, 0.15) is 0 Å². The minimum atomic E-state index is 0.0374. The Labute approximate surface area is 79.9 Å². The van der Waals surface area contributed by atoms with Crippen molar-refractivity contribution in [3.05, 3.63) is 0 Å². The van der Waals surface area contributed by atoms with Crippen LogP contribution < -0.4 is 5.32 Å². The largest absolute Gasteiger partial charge is 0.396 e. The van der Waals surface area contributed by atoms with Gasteiger partial charge in [-0.25, -0.2) is 0 Å². The van der Waals surface area contributed by atoms with E-state index in [-0.39, 0.29) is 18.6 Å². The molecular formula is C9H20N2O2. The molecule has 1 amide bonds. The van der Waals surface area contributed by atoms with Gasteiger partial charge in [-0.2, -0.15) is 0 Å². The fraction of sp³-hybridized carbons (Fsp3) is 0.889. The van der Waals surface area contributed by atoms with Crippen molar-refractivity contribution in [3.63, 3.8) is 0 Å². The van der Waals surface area contributed by atoms with Crippen LogP contribution in [0.5, 0.6) is 0 Å². The molecule has 0 aliphatic heterocycles. The molecule has 0 aromatic carbocycles. The molecule has 1 atom stereocenters. The Morgan fingerprint density at radius 3 is 2.62 bits per heavy atom. The fourth-order valence-corrected chi connectivity index (χ4v) is 1.08. The summed E-state index contributed by atoms with van der Waals surface area (Å²) in [7, 11) is 3.72. The summed E-state index contributed by atoms with van der Waals surface area (Å²) in [5.74, 6) is 0.0374. The zero-order valence-electron chi connectivity index (χ0n) is 8.71. The standard InChI is InChI=1S/C9H20N2O2/c1-8(5-4-6-12)10-9(13)7-11(2)3/h8,12H,4-7H2,1-3H3,(H,10,13). The molecule has 4 heteroatoms. The number of aliphatic hydroxyl groups is 1. The van der Waals surface area contributed by atoms with E-state index in [2.05, 4.69) is 5.32 Å². The molecule has 0 spiro atoms. The number of hydrogen-bond acceptors (Lipinski definition) is 3. The van der Waals surface area contributed by atoms with Crippen molar-refractivity contribution in [1.29, 1.82) is 0 Å². The predicted molar refractivity (Wildman–Crippen MR) is 52.5 cm³/mol. The Kier molecular flexibility index (Phi) is 6.54. The Hall–Kier alpha value is -0.610. The summed E-state index contributed by atoms with van der Waals surface area (Å²) in [5.41, 5.74) is 0. The summed E-state index contributed by atoms with van der Waals surface area (Å²) >= 11 is 0. The molecular weight excluding hydrogens is 168 g/mol. The van der Waals surface area contributed by atoms with Gasteiger partial charge in [0, 0.05) is 12.6 Å². The molecule has 0 saturated heterocycles. The number of aliphatic hydroxyl groups excluding tert-OH is 1. The number of rotatable bonds is 6. The Bertz CT molecular complexity index is 149. The molecule has 0 saturated carbocycles. The highest BCUT2D eigenvalue weighted by Gasteiger charge is 2.06. The van der Waals surface area contributed by atoms with Crippen molar-refractivity contribution in [2.45, 2.75) is 25.8 Å². The maximum Gasteiger partial charge on any atom is 0.234 e. The van der Waals surface area contributed by atoms with E-state index in [0.717, 1.165) is 12.8 Å². The Morgan fingerprint density at radius 2 is 2.15 bits per heavy atom. The van der Waals surface area contributed by atoms with E-state index in [0.29, 0.717) is 6.54 Å². The zero-order valence-corrected chi connectivity index (χ0v) is 8.71. The van der Waals surface area contributed by atoms with Gasteiger partial charge >= 0.3 is 0 Å². The lowest BCUT2D eigenvalue weighted by Gasteiger charge is -2.15. The predicted octanol–water partition coefficient (Wildman–Crippen LogP) is -0.175. The van der Waals surface area contributed by atoms with Crippen LogP contribution in [0.3, 0.4) is 0 Å². The van der Waals surface area contributed by atoms with Crippen LogP contribution in [0.1, 0.15) is 19.8 Å². The van der Waals surface area contributed by atoms with Gasteiger partial charge in [-0.15, -0.1) is 0 Å². The molecule has 0 fully saturated rings. The highest BCUT2D eigenvalue weighted by atomic mass is 16.2. The van der Waals surface area contributed by atoms with Gasteiger partial charge in [-0.3, -0.25) is 4.79 Å². The Morgan fingerprint density at radius 1 is 1.54 bits per heavy atom. The van der Waals surface area contributed by atoms with E-state index in [1.165, 1.54) is 0 Å². The molecule has 1 unspecified atom stereocenters. The van der Waals surface area contributed by atoms with Gasteiger partial charge < -0.3 is 15.3 Å². The molecule has 13 heavy (non-hydrogen) atoms. The second kappa shape index (κ2) is 6.86. The highest BCUT2D eigenvalue weighted by Crippen LogP contribution is 1.94. The van der Waals surface area contributed by atoms with Gasteiger partial charge in [-0.1, -0.05) is 0 Å². The normalized spacial score (nSPS) is 13.0. The van der Waals surface area contributed by atoms with Crippen molar-refractivity contribution in [3.8, 4) is 0 Å². The molecule has 0 aromatic rings. The third-order valence-electron chi connectivity index (χ3n) is 1.66. The molecule has 0 rings (SSSR count). The number of amides is 1. The molecule has 0 aliphatic carbocycles. The molecule has 0 aliphatic rings. The van der Waals surface area contributed by atoms with Crippen LogP contribution >= 0.6 is 0 Å². The van der Waals surface area contributed by atoms with Crippen LogP contribution in [0.25, 0.3) is 0 Å². The van der Waals surface area contributed by atoms with Crippen LogP contribution in [0.15, 0.2) is 0 Å². The number of carbonyl (C=O) groups is 1. The van der Waals surface area contributed by atoms with E-state index in [1.54, 1.807) is 0 Å². The van der Waals surface area contributed by atoms with Crippen LogP contribution in [0, 0.1) is 0 Å². The number of hydrogen-bond donors (Lipinski definition) is 2. The minimum absolute atomic E-state index is 0.0374. The maximum atomic E-state index is 11.2. The first-order valence-electron chi connectivity index (χ1n) is 4.61. The van der Waals surface area contributed by atoms with Crippen LogP contribution in [-0.4, -0.2) is 49.2 Å². The second-order valence-corrected chi connectivity index (χ2v) is 3.57. The fourth-order valence-electron chi connectivity index (χ4n) is 1.08. The summed E-state index contributed by atoms with van der Waals surface area (Å²) in [4.78, 5) is 13.0. The summed E-state index contributed by atoms with van der Waals surface area (Å²) in [6, 6.07) is 0.152. The molecule has 0 radical (unpaired) electrons. The molecule has 2 N–H and O–H groups in total. The first-order valence-corrected chi connectivity index (χ1v) is 4.61. The minimum Gasteiger partial charge on any atom is -0.396 e. The average molecular weight is 188 g/mol. The van der Waals surface area contributed by atoms with E-state index in [9.17, 15) is 4.79 Å². The van der Waals surface area contributed by atoms with Crippen molar-refractivity contribution in [2.24, 2.45) is 0 Å². The third kappa shape index (κ3) is 7.74. The maximum absolute atomic E-state index is 11.2. The van der Waals surface area contributed by atoms with Gasteiger partial charge in [0.25, 0.3) is 0 Å². The zero-order chi connectivity index (χ0) is 10.3. The Balaban J connectivity index is 3.53. The SMILES string of the molecule is CC(CCCO)NC(=O)CN(C)C. The lowest BCUT2D eigenvalue weighted by molar-refractivity contribution is -0.122. The summed E-state index contributed by atoms with van der Waals surface area (Å²) in [6.07, 6.45) is 1.57. The quantitative estimate of drug-likeness (QED) is 0.608. The first-order chi connectivity index (χ1) is 6.06. The monoisotopic (exact) mass is 188 g/mol. The topological polar surface area (TPSA) is 52.6 Å². The van der Waals surface area contributed by atoms with Crippen molar-refractivity contribution >= 4 is 5.91 Å². The second-order valence-electron chi connectivity index (χ2n) is 3.57. The van der Waals surface area contributed by atoms with Crippen LogP contribution in [0.2, 0.25) is 0 Å². The van der Waals surface area contributed by atoms with E-state index >= 15 is 0 Å². The lowest BCUT2D eigenvalue weighted by atomic mass is 10.2. The number of likely N-dealkylation sites (N-methyl/N-ethyl adjacent to an activating group) is 1. The van der Waals surface area contributed by atoms with E-state index < -0.39 is 0 Å². The molecule has 0 aromatic heterocycles. The highest BCUT2D eigenvalue weighted by molar-refractivity contribution is 5.78. The van der Waals surface area contributed by atoms with Gasteiger partial charge in [-0.05, 0) is 33.9 Å². The van der Waals surface area contributed by atoms with E-state index in [4.69, 9.17) is 5.11 Å². The van der Waals surface area contributed by atoms with Crippen molar-refractivity contribution in [1.82, 2.24) is 10.2 Å². The van der Waals surface area contributed by atoms with Gasteiger partial charge in [0.05, 0.1) is 6.54 Å². The van der Waals surface area contributed by atoms with Crippen molar-refractivity contribution < 1.29 is 9.90 Å². The van der Waals surface area contributed by atoms with Gasteiger partial charge in [0.15, 0.2) is 0 Å². The van der Waals surface area contributed by atoms with E-state index in [1.807, 2.05) is 25.9 Å². The molecule has 0 heterocycles. The molecule has 0 bridgehead atoms. The number of nitrogens with one attached hydrogen (secondary N) is 1. The number of nitrogens with zero attached hydrogens (tertiary/aromatic N) is 1. The first kappa shape index (κ1) is 12.4. The van der Waals surface area contributed by atoms with Crippen LogP contribution in [0.4, 0.5) is 0 Å². The lowest BCUT2D eigenvalue weighted by Crippen LogP contribution is -2.38. The average Bonchev–Trinajstić information content (AvgIpc) is 1.98. The smallest absolute Gasteiger partial charge is 0.234 e. The van der Waals surface area contributed by atoms with Gasteiger partial charge in [0.2, 0.25) is 5.91 Å². The van der Waals surface area contributed by atoms with Crippen LogP contribution in [-0.2, 0) is 4.79 Å². The third-order valence-corrected chi connectivity index (χ3v) is 1.66. The summed E-state index contributed by atoms with van der Waals surface area (Å²) in [6.45, 7) is 2.56. The summed E-state index contributed by atoms with van der Waals surface area (Å²) in [5, 5.41) is 11.4. The number of carbonyl (C=O) groups excluding carboxylic acids is 1. The molecule has 4 nitrogen and oxygen atoms in total.